The van der Waals surface area contributed by atoms with Crippen molar-refractivity contribution < 1.29 is 4.42 Å². The van der Waals surface area contributed by atoms with Crippen LogP contribution in [0.3, 0.4) is 0 Å². The van der Waals surface area contributed by atoms with Crippen LogP contribution in [0.5, 0.6) is 0 Å². The van der Waals surface area contributed by atoms with E-state index in [0.717, 1.165) is 29.7 Å². The summed E-state index contributed by atoms with van der Waals surface area (Å²) in [6.45, 7) is 5.56. The molecule has 1 unspecified atom stereocenters. The number of aromatic amines is 1. The summed E-state index contributed by atoms with van der Waals surface area (Å²) in [5, 5.41) is 9.68. The molecule has 1 aliphatic rings. The predicted octanol–water partition coefficient (Wildman–Crippen LogP) is 3.09. The maximum atomic E-state index is 5.27. The van der Waals surface area contributed by atoms with Gasteiger partial charge in [-0.05, 0) is 37.5 Å². The molecule has 0 aliphatic carbocycles. The van der Waals surface area contributed by atoms with Gasteiger partial charge >= 0.3 is 0 Å². The Hall–Kier alpha value is -1.05. The molecular weight excluding hydrogens is 280 g/mol. The molecule has 1 atom stereocenters. The van der Waals surface area contributed by atoms with E-state index in [-0.39, 0.29) is 4.84 Å². The van der Waals surface area contributed by atoms with Gasteiger partial charge in [0.05, 0.1) is 6.54 Å². The first-order valence-electron chi connectivity index (χ1n) is 6.43. The Morgan fingerprint density at radius 1 is 1.63 bits per heavy atom. The van der Waals surface area contributed by atoms with Crippen LogP contribution in [-0.2, 0) is 6.54 Å². The summed E-state index contributed by atoms with van der Waals surface area (Å²) in [6, 6.07) is 0. The van der Waals surface area contributed by atoms with E-state index in [0.29, 0.717) is 5.89 Å². The van der Waals surface area contributed by atoms with Crippen LogP contribution in [-0.4, -0.2) is 33.2 Å². The first-order chi connectivity index (χ1) is 9.20. The molecule has 1 fully saturated rings. The fourth-order valence-corrected chi connectivity index (χ4v) is 3.38. The van der Waals surface area contributed by atoms with Crippen molar-refractivity contribution in [3.63, 3.8) is 0 Å². The van der Waals surface area contributed by atoms with Crippen LogP contribution in [0.25, 0.3) is 11.6 Å². The highest BCUT2D eigenvalue weighted by atomic mass is 32.1. The van der Waals surface area contributed by atoms with E-state index in [4.69, 9.17) is 16.6 Å². The number of hydrogen-bond donors (Lipinski definition) is 1. The summed E-state index contributed by atoms with van der Waals surface area (Å²) in [6.07, 6.45) is 2.63. The molecule has 0 bridgehead atoms. The average molecular weight is 296 g/mol. The summed E-state index contributed by atoms with van der Waals surface area (Å²) < 4.78 is 5.27. The van der Waals surface area contributed by atoms with Crippen LogP contribution in [0, 0.1) is 10.8 Å². The SMILES string of the molecule is CC1CCCN(Cc2nc(-c3n[nH]c(=S)o3)cs2)C1. The highest BCUT2D eigenvalue weighted by Crippen LogP contribution is 2.23. The second-order valence-electron chi connectivity index (χ2n) is 5.03. The molecule has 1 aliphatic heterocycles. The standard InChI is InChI=1S/C12H16N4OS2/c1-8-3-2-4-16(5-8)6-10-13-9(7-19-10)11-14-15-12(18)17-11/h7-8H,2-6H2,1H3,(H,15,18). The zero-order valence-electron chi connectivity index (χ0n) is 10.8. The van der Waals surface area contributed by atoms with Crippen molar-refractivity contribution in [2.45, 2.75) is 26.3 Å². The molecule has 2 aromatic heterocycles. The highest BCUT2D eigenvalue weighted by Gasteiger charge is 2.18. The van der Waals surface area contributed by atoms with E-state index in [1.807, 2.05) is 5.38 Å². The van der Waals surface area contributed by atoms with Gasteiger partial charge in [0, 0.05) is 11.9 Å². The number of aromatic nitrogens is 3. The molecule has 0 radical (unpaired) electrons. The monoisotopic (exact) mass is 296 g/mol. The van der Waals surface area contributed by atoms with E-state index < -0.39 is 0 Å². The molecule has 0 saturated carbocycles. The third-order valence-electron chi connectivity index (χ3n) is 3.31. The third-order valence-corrected chi connectivity index (χ3v) is 4.32. The van der Waals surface area contributed by atoms with E-state index >= 15 is 0 Å². The minimum atomic E-state index is 0.286. The largest absolute Gasteiger partial charge is 0.408 e. The Labute approximate surface area is 120 Å². The minimum Gasteiger partial charge on any atom is -0.408 e. The number of thiazole rings is 1. The number of rotatable bonds is 3. The molecule has 2 aromatic rings. The van der Waals surface area contributed by atoms with E-state index in [2.05, 4.69) is 27.0 Å². The van der Waals surface area contributed by atoms with Crippen molar-refractivity contribution in [2.24, 2.45) is 5.92 Å². The first-order valence-corrected chi connectivity index (χ1v) is 7.72. The van der Waals surface area contributed by atoms with Crippen molar-refractivity contribution in [3.05, 3.63) is 15.2 Å². The molecule has 0 aromatic carbocycles. The Kier molecular flexibility index (Phi) is 3.76. The van der Waals surface area contributed by atoms with Crippen LogP contribution < -0.4 is 0 Å². The number of likely N-dealkylation sites (tertiary alicyclic amines) is 1. The minimum absolute atomic E-state index is 0.286. The molecular formula is C12H16N4OS2. The molecule has 19 heavy (non-hydrogen) atoms. The topological polar surface area (TPSA) is 58.0 Å². The second kappa shape index (κ2) is 5.52. The van der Waals surface area contributed by atoms with Gasteiger partial charge in [-0.15, -0.1) is 16.4 Å². The summed E-state index contributed by atoms with van der Waals surface area (Å²) in [5.41, 5.74) is 0.761. The van der Waals surface area contributed by atoms with Crippen molar-refractivity contribution in [3.8, 4) is 11.6 Å². The lowest BCUT2D eigenvalue weighted by atomic mass is 10.0. The summed E-state index contributed by atoms with van der Waals surface area (Å²) >= 11 is 6.51. The molecule has 5 nitrogen and oxygen atoms in total. The van der Waals surface area contributed by atoms with Gasteiger partial charge in [-0.1, -0.05) is 6.92 Å². The van der Waals surface area contributed by atoms with E-state index in [1.54, 1.807) is 11.3 Å². The smallest absolute Gasteiger partial charge is 0.284 e. The molecule has 1 N–H and O–H groups in total. The lowest BCUT2D eigenvalue weighted by Gasteiger charge is -2.29. The fraction of sp³-hybridized carbons (Fsp3) is 0.583. The molecule has 3 heterocycles. The first kappa shape index (κ1) is 13.0. The van der Waals surface area contributed by atoms with Gasteiger partial charge in [-0.3, -0.25) is 4.90 Å². The lowest BCUT2D eigenvalue weighted by molar-refractivity contribution is 0.176. The number of nitrogens with zero attached hydrogens (tertiary/aromatic N) is 3. The van der Waals surface area contributed by atoms with Gasteiger partial charge in [0.15, 0.2) is 0 Å². The molecule has 0 amide bonds. The normalized spacial score (nSPS) is 20.8. The van der Waals surface area contributed by atoms with Crippen LogP contribution >= 0.6 is 23.6 Å². The quantitative estimate of drug-likeness (QED) is 0.882. The number of nitrogens with one attached hydrogen (secondary N) is 1. The average Bonchev–Trinajstić information content (AvgIpc) is 2.98. The van der Waals surface area contributed by atoms with Gasteiger partial charge in [-0.2, -0.15) is 0 Å². The summed E-state index contributed by atoms with van der Waals surface area (Å²) in [7, 11) is 0. The van der Waals surface area contributed by atoms with Gasteiger partial charge in [0.25, 0.3) is 10.7 Å². The molecule has 3 rings (SSSR count). The highest BCUT2D eigenvalue weighted by molar-refractivity contribution is 7.71. The molecule has 7 heteroatoms. The number of H-pyrrole nitrogens is 1. The number of hydrogen-bond acceptors (Lipinski definition) is 6. The van der Waals surface area contributed by atoms with E-state index in [9.17, 15) is 0 Å². The second-order valence-corrected chi connectivity index (χ2v) is 6.34. The Bertz CT molecular complexity index is 603. The maximum absolute atomic E-state index is 5.27. The maximum Gasteiger partial charge on any atom is 0.284 e. The van der Waals surface area contributed by atoms with Gasteiger partial charge in [0.1, 0.15) is 10.7 Å². The number of piperidine rings is 1. The Morgan fingerprint density at radius 2 is 2.53 bits per heavy atom. The van der Waals surface area contributed by atoms with Crippen LogP contribution in [0.2, 0.25) is 0 Å². The molecule has 102 valence electrons. The van der Waals surface area contributed by atoms with E-state index in [1.165, 1.54) is 19.4 Å². The van der Waals surface area contributed by atoms with Crippen molar-refractivity contribution in [1.29, 1.82) is 0 Å². The fourth-order valence-electron chi connectivity index (χ4n) is 2.44. The summed E-state index contributed by atoms with van der Waals surface area (Å²) in [5.74, 6) is 1.26. The summed E-state index contributed by atoms with van der Waals surface area (Å²) in [4.78, 5) is 7.32. The van der Waals surface area contributed by atoms with Gasteiger partial charge < -0.3 is 4.42 Å². The van der Waals surface area contributed by atoms with Crippen LogP contribution in [0.15, 0.2) is 9.80 Å². The van der Waals surface area contributed by atoms with Gasteiger partial charge in [-0.25, -0.2) is 10.1 Å². The zero-order chi connectivity index (χ0) is 13.2. The van der Waals surface area contributed by atoms with Crippen molar-refractivity contribution >= 4 is 23.6 Å². The van der Waals surface area contributed by atoms with Crippen LogP contribution in [0.4, 0.5) is 0 Å². The Balaban J connectivity index is 1.69. The van der Waals surface area contributed by atoms with Crippen LogP contribution in [0.1, 0.15) is 24.8 Å². The van der Waals surface area contributed by atoms with Crippen molar-refractivity contribution in [1.82, 2.24) is 20.1 Å². The molecule has 1 saturated heterocycles. The van der Waals surface area contributed by atoms with Crippen molar-refractivity contribution in [2.75, 3.05) is 13.1 Å². The van der Waals surface area contributed by atoms with Gasteiger partial charge in [0.2, 0.25) is 0 Å². The Morgan fingerprint density at radius 3 is 3.26 bits per heavy atom. The molecule has 0 spiro atoms. The predicted molar refractivity (Wildman–Crippen MR) is 76.5 cm³/mol. The zero-order valence-corrected chi connectivity index (χ0v) is 12.4. The third kappa shape index (κ3) is 3.10. The lowest BCUT2D eigenvalue weighted by Crippen LogP contribution is -2.33.